The van der Waals surface area contributed by atoms with E-state index in [4.69, 9.17) is 9.47 Å². The normalized spacial score (nSPS) is 10.4. The first-order valence-electron chi connectivity index (χ1n) is 7.84. The van der Waals surface area contributed by atoms with E-state index in [0.717, 1.165) is 25.3 Å². The lowest BCUT2D eigenvalue weighted by Gasteiger charge is -2.08. The van der Waals surface area contributed by atoms with Crippen LogP contribution in [0.3, 0.4) is 0 Å². The van der Waals surface area contributed by atoms with Crippen molar-refractivity contribution in [1.29, 1.82) is 0 Å². The van der Waals surface area contributed by atoms with Crippen LogP contribution < -0.4 is 10.1 Å². The maximum Gasteiger partial charge on any atom is 0.307 e. The highest BCUT2D eigenvalue weighted by Gasteiger charge is 2.01. The summed E-state index contributed by atoms with van der Waals surface area (Å²) >= 11 is 0. The molecule has 0 heterocycles. The SMILES string of the molecule is CCCCCOc1ccc(CNCCC(=O)OCC)cc1. The molecule has 1 N–H and O–H groups in total. The van der Waals surface area contributed by atoms with E-state index in [1.54, 1.807) is 0 Å². The topological polar surface area (TPSA) is 47.6 Å². The van der Waals surface area contributed by atoms with Gasteiger partial charge in [0.1, 0.15) is 5.75 Å². The quantitative estimate of drug-likeness (QED) is 0.502. The molecule has 0 atom stereocenters. The summed E-state index contributed by atoms with van der Waals surface area (Å²) in [5.41, 5.74) is 1.18. The predicted octanol–water partition coefficient (Wildman–Crippen LogP) is 3.30. The van der Waals surface area contributed by atoms with Crippen LogP contribution in [-0.2, 0) is 16.1 Å². The van der Waals surface area contributed by atoms with Crippen LogP contribution in [0.1, 0.15) is 45.1 Å². The van der Waals surface area contributed by atoms with Crippen molar-refractivity contribution < 1.29 is 14.3 Å². The molecule has 0 spiro atoms. The molecule has 21 heavy (non-hydrogen) atoms. The smallest absolute Gasteiger partial charge is 0.307 e. The summed E-state index contributed by atoms with van der Waals surface area (Å²) < 4.78 is 10.5. The second-order valence-corrected chi connectivity index (χ2v) is 4.93. The van der Waals surface area contributed by atoms with Gasteiger partial charge in [-0.25, -0.2) is 0 Å². The largest absolute Gasteiger partial charge is 0.494 e. The van der Waals surface area contributed by atoms with E-state index < -0.39 is 0 Å². The minimum Gasteiger partial charge on any atom is -0.494 e. The number of nitrogens with one attached hydrogen (secondary N) is 1. The number of carbonyl (C=O) groups is 1. The minimum atomic E-state index is -0.152. The Kier molecular flexibility index (Phi) is 9.29. The molecule has 0 amide bonds. The minimum absolute atomic E-state index is 0.152. The highest BCUT2D eigenvalue weighted by Crippen LogP contribution is 2.12. The number of esters is 1. The molecule has 0 unspecified atom stereocenters. The molecule has 0 aliphatic rings. The average molecular weight is 293 g/mol. The molecule has 0 aromatic heterocycles. The summed E-state index contributed by atoms with van der Waals surface area (Å²) in [6, 6.07) is 8.08. The lowest BCUT2D eigenvalue weighted by molar-refractivity contribution is -0.142. The van der Waals surface area contributed by atoms with Gasteiger partial charge < -0.3 is 14.8 Å². The van der Waals surface area contributed by atoms with Gasteiger partial charge in [0.15, 0.2) is 0 Å². The summed E-state index contributed by atoms with van der Waals surface area (Å²) in [5.74, 6) is 0.766. The Morgan fingerprint density at radius 3 is 2.57 bits per heavy atom. The first-order valence-corrected chi connectivity index (χ1v) is 7.84. The van der Waals surface area contributed by atoms with Crippen LogP contribution >= 0.6 is 0 Å². The number of benzene rings is 1. The molecule has 0 aliphatic heterocycles. The first-order chi connectivity index (χ1) is 10.3. The molecule has 118 valence electrons. The van der Waals surface area contributed by atoms with Crippen LogP contribution in [0.2, 0.25) is 0 Å². The predicted molar refractivity (Wildman–Crippen MR) is 84.4 cm³/mol. The van der Waals surface area contributed by atoms with Gasteiger partial charge in [0.05, 0.1) is 19.6 Å². The first kappa shape index (κ1) is 17.5. The molecular formula is C17H27NO3. The van der Waals surface area contributed by atoms with Gasteiger partial charge in [-0.1, -0.05) is 31.9 Å². The summed E-state index contributed by atoms with van der Waals surface area (Å²) in [5, 5.41) is 3.23. The molecule has 4 nitrogen and oxygen atoms in total. The second-order valence-electron chi connectivity index (χ2n) is 4.93. The third kappa shape index (κ3) is 8.35. The van der Waals surface area contributed by atoms with Crippen LogP contribution in [0.25, 0.3) is 0 Å². The molecule has 0 radical (unpaired) electrons. The molecule has 4 heteroatoms. The third-order valence-electron chi connectivity index (χ3n) is 3.08. The van der Waals surface area contributed by atoms with Crippen molar-refractivity contribution in [3.63, 3.8) is 0 Å². The number of hydrogen-bond donors (Lipinski definition) is 1. The zero-order valence-corrected chi connectivity index (χ0v) is 13.2. The average Bonchev–Trinajstić information content (AvgIpc) is 2.50. The Morgan fingerprint density at radius 1 is 1.14 bits per heavy atom. The fraction of sp³-hybridized carbons (Fsp3) is 0.588. The maximum atomic E-state index is 11.2. The van der Waals surface area contributed by atoms with Gasteiger partial charge in [-0.2, -0.15) is 0 Å². The van der Waals surface area contributed by atoms with E-state index in [0.29, 0.717) is 19.6 Å². The Morgan fingerprint density at radius 2 is 1.90 bits per heavy atom. The van der Waals surface area contributed by atoms with E-state index in [9.17, 15) is 4.79 Å². The zero-order valence-electron chi connectivity index (χ0n) is 13.2. The van der Waals surface area contributed by atoms with Gasteiger partial charge in [0.25, 0.3) is 0 Å². The van der Waals surface area contributed by atoms with Crippen molar-refractivity contribution in [3.05, 3.63) is 29.8 Å². The van der Waals surface area contributed by atoms with Crippen molar-refractivity contribution in [1.82, 2.24) is 5.32 Å². The zero-order chi connectivity index (χ0) is 15.3. The molecule has 1 aromatic carbocycles. The van der Waals surface area contributed by atoms with Crippen LogP contribution in [0, 0.1) is 0 Å². The molecule has 0 aliphatic carbocycles. The fourth-order valence-electron chi connectivity index (χ4n) is 1.90. The van der Waals surface area contributed by atoms with Crippen molar-refractivity contribution in [3.8, 4) is 5.75 Å². The van der Waals surface area contributed by atoms with E-state index in [1.165, 1.54) is 18.4 Å². The van der Waals surface area contributed by atoms with Gasteiger partial charge >= 0.3 is 5.97 Å². The monoisotopic (exact) mass is 293 g/mol. The summed E-state index contributed by atoms with van der Waals surface area (Å²) in [7, 11) is 0. The number of ether oxygens (including phenoxy) is 2. The lowest BCUT2D eigenvalue weighted by Crippen LogP contribution is -2.19. The standard InChI is InChI=1S/C17H27NO3/c1-3-5-6-13-21-16-9-7-15(8-10-16)14-18-12-11-17(19)20-4-2/h7-10,18H,3-6,11-14H2,1-2H3. The molecule has 0 fully saturated rings. The van der Waals surface area contributed by atoms with Gasteiger partial charge in [0.2, 0.25) is 0 Å². The van der Waals surface area contributed by atoms with Crippen molar-refractivity contribution >= 4 is 5.97 Å². The van der Waals surface area contributed by atoms with Crippen LogP contribution in [0.5, 0.6) is 5.75 Å². The Hall–Kier alpha value is -1.55. The molecule has 0 bridgehead atoms. The van der Waals surface area contributed by atoms with E-state index in [-0.39, 0.29) is 5.97 Å². The number of hydrogen-bond acceptors (Lipinski definition) is 4. The van der Waals surface area contributed by atoms with Crippen LogP contribution in [0.15, 0.2) is 24.3 Å². The fourth-order valence-corrected chi connectivity index (χ4v) is 1.90. The van der Waals surface area contributed by atoms with Crippen molar-refractivity contribution in [2.24, 2.45) is 0 Å². The maximum absolute atomic E-state index is 11.2. The lowest BCUT2D eigenvalue weighted by atomic mass is 10.2. The van der Waals surface area contributed by atoms with Crippen LogP contribution in [-0.4, -0.2) is 25.7 Å². The number of rotatable bonds is 11. The Labute approximate surface area is 127 Å². The molecular weight excluding hydrogens is 266 g/mol. The van der Waals surface area contributed by atoms with Crippen LogP contribution in [0.4, 0.5) is 0 Å². The van der Waals surface area contributed by atoms with Gasteiger partial charge in [0, 0.05) is 13.1 Å². The van der Waals surface area contributed by atoms with Gasteiger partial charge in [-0.15, -0.1) is 0 Å². The van der Waals surface area contributed by atoms with E-state index in [1.807, 2.05) is 31.2 Å². The summed E-state index contributed by atoms with van der Waals surface area (Å²) in [6.45, 7) is 6.61. The summed E-state index contributed by atoms with van der Waals surface area (Å²) in [6.07, 6.45) is 3.93. The number of carbonyl (C=O) groups excluding carboxylic acids is 1. The number of unbranched alkanes of at least 4 members (excludes halogenated alkanes) is 2. The summed E-state index contributed by atoms with van der Waals surface area (Å²) in [4.78, 5) is 11.2. The van der Waals surface area contributed by atoms with Gasteiger partial charge in [-0.3, -0.25) is 4.79 Å². The van der Waals surface area contributed by atoms with Crippen molar-refractivity contribution in [2.45, 2.75) is 46.1 Å². The van der Waals surface area contributed by atoms with E-state index >= 15 is 0 Å². The Bertz CT molecular complexity index is 390. The molecule has 0 saturated heterocycles. The third-order valence-corrected chi connectivity index (χ3v) is 3.08. The van der Waals surface area contributed by atoms with Gasteiger partial charge in [-0.05, 0) is 31.0 Å². The second kappa shape index (κ2) is 11.1. The molecule has 0 saturated carbocycles. The highest BCUT2D eigenvalue weighted by molar-refractivity contribution is 5.69. The molecule has 1 rings (SSSR count). The van der Waals surface area contributed by atoms with E-state index in [2.05, 4.69) is 12.2 Å². The highest BCUT2D eigenvalue weighted by atomic mass is 16.5. The molecule has 1 aromatic rings. The Balaban J connectivity index is 2.17. The van der Waals surface area contributed by atoms with Crippen molar-refractivity contribution in [2.75, 3.05) is 19.8 Å².